The molecule has 2 saturated carbocycles. The minimum Gasteiger partial charge on any atom is -0.480 e. The summed E-state index contributed by atoms with van der Waals surface area (Å²) in [7, 11) is 0. The van der Waals surface area contributed by atoms with E-state index >= 15 is 0 Å². The van der Waals surface area contributed by atoms with Crippen molar-refractivity contribution in [3.63, 3.8) is 0 Å². The number of alkyl carbamates (subject to hydrolysis) is 1. The fraction of sp³-hybridized carbons (Fsp3) is 0.636. The zero-order valence-corrected chi connectivity index (χ0v) is 25.0. The second-order valence-corrected chi connectivity index (χ2v) is 14.1. The van der Waals surface area contributed by atoms with E-state index in [1.54, 1.807) is 20.8 Å². The molecule has 3 N–H and O–H groups in total. The summed E-state index contributed by atoms with van der Waals surface area (Å²) in [6.45, 7) is 9.74. The van der Waals surface area contributed by atoms with Crippen LogP contribution in [0.5, 0.6) is 0 Å². The van der Waals surface area contributed by atoms with Crippen LogP contribution in [0, 0.1) is 34.5 Å². The van der Waals surface area contributed by atoms with Gasteiger partial charge in [0.25, 0.3) is 0 Å². The van der Waals surface area contributed by atoms with Crippen LogP contribution in [-0.2, 0) is 14.3 Å². The van der Waals surface area contributed by atoms with Crippen LogP contribution in [0.2, 0.25) is 0 Å². The number of aliphatic carboxylic acids is 1. The first-order chi connectivity index (χ1) is 19.3. The Morgan fingerprint density at radius 3 is 2.54 bits per heavy atom. The van der Waals surface area contributed by atoms with E-state index in [0.29, 0.717) is 24.2 Å². The van der Waals surface area contributed by atoms with E-state index in [1.807, 2.05) is 18.5 Å². The van der Waals surface area contributed by atoms with Gasteiger partial charge in [-0.05, 0) is 117 Å². The molecule has 2 amide bonds. The number of hydrogen-bond donors (Lipinski definition) is 3. The first-order valence-electron chi connectivity index (χ1n) is 15.1. The van der Waals surface area contributed by atoms with Gasteiger partial charge < -0.3 is 20.5 Å². The van der Waals surface area contributed by atoms with Crippen molar-refractivity contribution < 1.29 is 24.2 Å². The number of fused-ring (bicyclic) bond motifs is 5. The zero-order valence-electron chi connectivity index (χ0n) is 25.0. The number of hydrogen-bond acceptors (Lipinski definition) is 5. The van der Waals surface area contributed by atoms with Gasteiger partial charge in [0.15, 0.2) is 0 Å². The molecule has 0 bridgehead atoms. The minimum atomic E-state index is -1.04. The van der Waals surface area contributed by atoms with Crippen molar-refractivity contribution in [1.82, 2.24) is 15.6 Å². The molecule has 0 aromatic carbocycles. The largest absolute Gasteiger partial charge is 0.480 e. The maximum absolute atomic E-state index is 12.6. The minimum absolute atomic E-state index is 0.0587. The average molecular weight is 564 g/mol. The molecular weight excluding hydrogens is 518 g/mol. The SMILES string of the molecule is CC(C)(C)OC(=O)NCC(=O)NC(C(=O)O)[C@H]1CC[C@@]2(C)C(=CC[C@@H]3[C@@H]2CC[C@]2(C)C(c4cccnc4)=CC[C@@H]32)C1. The molecule has 0 aliphatic heterocycles. The third-order valence-corrected chi connectivity index (χ3v) is 10.5. The molecule has 8 nitrogen and oxygen atoms in total. The first-order valence-corrected chi connectivity index (χ1v) is 15.1. The second-order valence-electron chi connectivity index (χ2n) is 14.1. The predicted molar refractivity (Wildman–Crippen MR) is 157 cm³/mol. The normalized spacial score (nSPS) is 33.2. The van der Waals surface area contributed by atoms with Crippen LogP contribution in [0.15, 0.2) is 42.3 Å². The fourth-order valence-corrected chi connectivity index (χ4v) is 8.58. The van der Waals surface area contributed by atoms with E-state index in [9.17, 15) is 19.5 Å². The lowest BCUT2D eigenvalue weighted by Crippen LogP contribution is -2.53. The Morgan fingerprint density at radius 2 is 1.85 bits per heavy atom. The van der Waals surface area contributed by atoms with Crippen LogP contribution >= 0.6 is 0 Å². The number of nitrogens with one attached hydrogen (secondary N) is 2. The Morgan fingerprint density at radius 1 is 1.10 bits per heavy atom. The van der Waals surface area contributed by atoms with Crippen molar-refractivity contribution in [3.8, 4) is 0 Å². The number of nitrogens with zero attached hydrogens (tertiary/aromatic N) is 1. The molecule has 0 spiro atoms. The Balaban J connectivity index is 1.25. The van der Waals surface area contributed by atoms with Crippen molar-refractivity contribution >= 4 is 23.5 Å². The average Bonchev–Trinajstić information content (AvgIpc) is 3.27. The number of aromatic nitrogens is 1. The number of amides is 2. The zero-order chi connectivity index (χ0) is 29.6. The van der Waals surface area contributed by atoms with Gasteiger partial charge in [0, 0.05) is 12.4 Å². The van der Waals surface area contributed by atoms with Gasteiger partial charge in [0.2, 0.25) is 5.91 Å². The van der Waals surface area contributed by atoms with Crippen molar-refractivity contribution in [2.24, 2.45) is 34.5 Å². The lowest BCUT2D eigenvalue weighted by Gasteiger charge is -2.58. The molecule has 4 aliphatic carbocycles. The van der Waals surface area contributed by atoms with E-state index in [1.165, 1.54) is 23.1 Å². The number of ether oxygens (including phenoxy) is 1. The summed E-state index contributed by atoms with van der Waals surface area (Å²) in [6.07, 6.45) is 14.8. The van der Waals surface area contributed by atoms with Gasteiger partial charge in [-0.15, -0.1) is 0 Å². The van der Waals surface area contributed by atoms with E-state index in [2.05, 4.69) is 47.7 Å². The quantitative estimate of drug-likeness (QED) is 0.380. The smallest absolute Gasteiger partial charge is 0.408 e. The van der Waals surface area contributed by atoms with Gasteiger partial charge in [-0.1, -0.05) is 37.6 Å². The molecule has 1 aromatic rings. The number of carbonyl (C=O) groups excluding carboxylic acids is 2. The molecule has 0 saturated heterocycles. The molecular formula is C33H45N3O5. The van der Waals surface area contributed by atoms with Gasteiger partial charge >= 0.3 is 12.1 Å². The van der Waals surface area contributed by atoms with Crippen LogP contribution < -0.4 is 10.6 Å². The topological polar surface area (TPSA) is 118 Å². The number of allylic oxidation sites excluding steroid dienone is 4. The third kappa shape index (κ3) is 5.67. The summed E-state index contributed by atoms with van der Waals surface area (Å²) < 4.78 is 5.17. The van der Waals surface area contributed by atoms with Gasteiger partial charge in [-0.2, -0.15) is 0 Å². The van der Waals surface area contributed by atoms with Gasteiger partial charge in [-0.25, -0.2) is 9.59 Å². The summed E-state index contributed by atoms with van der Waals surface area (Å²) in [5.74, 6) is 0.0451. The van der Waals surface area contributed by atoms with Crippen molar-refractivity contribution in [1.29, 1.82) is 0 Å². The van der Waals surface area contributed by atoms with Gasteiger partial charge in [0.1, 0.15) is 18.2 Å². The third-order valence-electron chi connectivity index (χ3n) is 10.5. The lowest BCUT2D eigenvalue weighted by atomic mass is 9.46. The molecule has 7 atom stereocenters. The van der Waals surface area contributed by atoms with E-state index < -0.39 is 29.6 Å². The van der Waals surface area contributed by atoms with E-state index in [4.69, 9.17) is 4.74 Å². The molecule has 2 fully saturated rings. The van der Waals surface area contributed by atoms with Crippen LogP contribution in [0.1, 0.15) is 85.1 Å². The summed E-state index contributed by atoms with van der Waals surface area (Å²) in [5, 5.41) is 15.1. The molecule has 5 rings (SSSR count). The van der Waals surface area contributed by atoms with Gasteiger partial charge in [0.05, 0.1) is 0 Å². The molecule has 0 radical (unpaired) electrons. The highest BCUT2D eigenvalue weighted by molar-refractivity contribution is 5.87. The molecule has 4 aliphatic rings. The maximum atomic E-state index is 12.6. The Kier molecular flexibility index (Phi) is 7.81. The monoisotopic (exact) mass is 563 g/mol. The molecule has 1 heterocycles. The summed E-state index contributed by atoms with van der Waals surface area (Å²) in [4.78, 5) is 41.2. The molecule has 1 aromatic heterocycles. The Bertz CT molecular complexity index is 1250. The number of rotatable bonds is 6. The van der Waals surface area contributed by atoms with Crippen molar-refractivity contribution in [2.75, 3.05) is 6.54 Å². The summed E-state index contributed by atoms with van der Waals surface area (Å²) >= 11 is 0. The highest BCUT2D eigenvalue weighted by atomic mass is 16.6. The van der Waals surface area contributed by atoms with Crippen LogP contribution in [-0.4, -0.2) is 46.2 Å². The number of carboxylic acid groups (broad SMARTS) is 1. The lowest BCUT2D eigenvalue weighted by molar-refractivity contribution is -0.144. The first kappa shape index (κ1) is 29.3. The predicted octanol–water partition coefficient (Wildman–Crippen LogP) is 5.75. The number of carbonyl (C=O) groups is 3. The van der Waals surface area contributed by atoms with Crippen LogP contribution in [0.25, 0.3) is 5.57 Å². The van der Waals surface area contributed by atoms with Crippen molar-refractivity contribution in [2.45, 2.75) is 91.2 Å². The van der Waals surface area contributed by atoms with Crippen LogP contribution in [0.4, 0.5) is 4.79 Å². The summed E-state index contributed by atoms with van der Waals surface area (Å²) in [5.41, 5.74) is 3.61. The standard InChI is InChI=1S/C33H45N3O5/c1-31(2,3)41-30(40)35-19-27(37)36-28(29(38)39)20-12-14-32(4)22(17-20)8-9-23-25-11-10-24(21-7-6-16-34-18-21)33(25,5)15-13-26(23)32/h6-8,10,16,18,20,23,25-26,28H,9,11-15,17,19H2,1-5H3,(H,35,40)(H,36,37)(H,38,39)/t20-,23-,25-,26-,28?,32-,33+/m0/s1. The highest BCUT2D eigenvalue weighted by Gasteiger charge is 2.57. The van der Waals surface area contributed by atoms with Crippen LogP contribution in [0.3, 0.4) is 0 Å². The fourth-order valence-electron chi connectivity index (χ4n) is 8.58. The van der Waals surface area contributed by atoms with Crippen molar-refractivity contribution in [3.05, 3.63) is 47.8 Å². The van der Waals surface area contributed by atoms with E-state index in [0.717, 1.165) is 32.1 Å². The second kappa shape index (κ2) is 10.9. The Hall–Kier alpha value is -3.16. The van der Waals surface area contributed by atoms with Gasteiger partial charge in [-0.3, -0.25) is 9.78 Å². The Labute approximate surface area is 243 Å². The maximum Gasteiger partial charge on any atom is 0.408 e. The van der Waals surface area contributed by atoms with E-state index in [-0.39, 0.29) is 23.3 Å². The molecule has 1 unspecified atom stereocenters. The summed E-state index contributed by atoms with van der Waals surface area (Å²) in [6, 6.07) is 3.21. The highest BCUT2D eigenvalue weighted by Crippen LogP contribution is 2.66. The molecule has 222 valence electrons. The number of pyridine rings is 1. The molecule has 8 heteroatoms. The molecule has 41 heavy (non-hydrogen) atoms. The number of carboxylic acids is 1.